The Morgan fingerprint density at radius 2 is 2.62 bits per heavy atom. The van der Waals surface area contributed by atoms with Crippen LogP contribution in [0.3, 0.4) is 0 Å². The molecule has 1 aromatic heterocycles. The van der Waals surface area contributed by atoms with Crippen LogP contribution in [0.2, 0.25) is 0 Å². The summed E-state index contributed by atoms with van der Waals surface area (Å²) in [6, 6.07) is 0. The van der Waals surface area contributed by atoms with Crippen LogP contribution in [0, 0.1) is 0 Å². The first-order valence-electron chi connectivity index (χ1n) is 3.67. The predicted octanol–water partition coefficient (Wildman–Crippen LogP) is 1.02. The standard InChI is InChI=1S/C7H9BrN2O2S/c1-4(11)2-9-6(12)7-10-5(8)3-13-7/h3-4,11H,2H2,1H3,(H,9,12)/t4-/m1/s1. The van der Waals surface area contributed by atoms with Crippen molar-refractivity contribution in [3.63, 3.8) is 0 Å². The molecule has 72 valence electrons. The highest BCUT2D eigenvalue weighted by molar-refractivity contribution is 9.10. The van der Waals surface area contributed by atoms with Crippen LogP contribution >= 0.6 is 27.3 Å². The lowest BCUT2D eigenvalue weighted by molar-refractivity contribution is 0.0923. The van der Waals surface area contributed by atoms with Crippen LogP contribution in [0.15, 0.2) is 9.98 Å². The summed E-state index contributed by atoms with van der Waals surface area (Å²) in [6.45, 7) is 1.86. The zero-order valence-electron chi connectivity index (χ0n) is 6.95. The maximum atomic E-state index is 11.3. The van der Waals surface area contributed by atoms with E-state index in [1.165, 1.54) is 11.3 Å². The third kappa shape index (κ3) is 3.41. The second-order valence-corrected chi connectivity index (χ2v) is 4.21. The zero-order chi connectivity index (χ0) is 9.84. The molecule has 1 amide bonds. The quantitative estimate of drug-likeness (QED) is 0.857. The molecule has 0 aromatic carbocycles. The average molecular weight is 265 g/mol. The molecule has 2 N–H and O–H groups in total. The number of aromatic nitrogens is 1. The van der Waals surface area contributed by atoms with Crippen molar-refractivity contribution in [1.29, 1.82) is 0 Å². The molecule has 0 radical (unpaired) electrons. The Hall–Kier alpha value is -0.460. The molecule has 0 aliphatic rings. The van der Waals surface area contributed by atoms with Gasteiger partial charge in [-0.25, -0.2) is 4.98 Å². The van der Waals surface area contributed by atoms with Crippen LogP contribution in [0.1, 0.15) is 16.7 Å². The molecule has 6 heteroatoms. The predicted molar refractivity (Wildman–Crippen MR) is 53.8 cm³/mol. The summed E-state index contributed by atoms with van der Waals surface area (Å²) in [6.07, 6.45) is -0.535. The van der Waals surface area contributed by atoms with Gasteiger partial charge in [0.05, 0.1) is 6.10 Å². The number of rotatable bonds is 3. The lowest BCUT2D eigenvalue weighted by Crippen LogP contribution is -2.30. The van der Waals surface area contributed by atoms with E-state index in [0.717, 1.165) is 0 Å². The van der Waals surface area contributed by atoms with Crippen molar-refractivity contribution >= 4 is 33.2 Å². The fourth-order valence-electron chi connectivity index (χ4n) is 0.674. The zero-order valence-corrected chi connectivity index (χ0v) is 9.35. The number of nitrogens with zero attached hydrogens (tertiary/aromatic N) is 1. The molecule has 1 atom stereocenters. The minimum atomic E-state index is -0.535. The van der Waals surface area contributed by atoms with Crippen molar-refractivity contribution in [3.8, 4) is 0 Å². The number of aliphatic hydroxyl groups excluding tert-OH is 1. The normalized spacial score (nSPS) is 12.5. The lowest BCUT2D eigenvalue weighted by atomic mass is 10.4. The maximum absolute atomic E-state index is 11.3. The van der Waals surface area contributed by atoms with Gasteiger partial charge in [0.1, 0.15) is 4.60 Å². The Labute approximate surface area is 88.1 Å². The van der Waals surface area contributed by atoms with Gasteiger partial charge in [-0.15, -0.1) is 11.3 Å². The third-order valence-electron chi connectivity index (χ3n) is 1.23. The van der Waals surface area contributed by atoms with E-state index in [1.807, 2.05) is 0 Å². The minimum Gasteiger partial charge on any atom is -0.392 e. The Morgan fingerprint density at radius 1 is 1.92 bits per heavy atom. The number of carbonyl (C=O) groups is 1. The molecule has 1 rings (SSSR count). The molecule has 0 spiro atoms. The molecular weight excluding hydrogens is 256 g/mol. The average Bonchev–Trinajstić information content (AvgIpc) is 2.47. The van der Waals surface area contributed by atoms with Crippen LogP contribution in [-0.4, -0.2) is 28.6 Å². The van der Waals surface area contributed by atoms with Crippen LogP contribution in [0.4, 0.5) is 0 Å². The summed E-state index contributed by atoms with van der Waals surface area (Å²) < 4.78 is 0.652. The van der Waals surface area contributed by atoms with Gasteiger partial charge in [-0.05, 0) is 22.9 Å². The number of nitrogens with one attached hydrogen (secondary N) is 1. The van der Waals surface area contributed by atoms with E-state index in [4.69, 9.17) is 5.11 Å². The number of halogens is 1. The first kappa shape index (κ1) is 10.6. The topological polar surface area (TPSA) is 62.2 Å². The maximum Gasteiger partial charge on any atom is 0.280 e. The third-order valence-corrected chi connectivity index (χ3v) is 2.78. The van der Waals surface area contributed by atoms with E-state index >= 15 is 0 Å². The van der Waals surface area contributed by atoms with E-state index in [2.05, 4.69) is 26.2 Å². The Kier molecular flexibility index (Phi) is 3.83. The molecule has 1 heterocycles. The smallest absolute Gasteiger partial charge is 0.280 e. The van der Waals surface area contributed by atoms with Crippen LogP contribution in [-0.2, 0) is 0 Å². The molecule has 0 bridgehead atoms. The first-order valence-corrected chi connectivity index (χ1v) is 5.34. The number of aliphatic hydroxyl groups is 1. The Morgan fingerprint density at radius 3 is 3.08 bits per heavy atom. The van der Waals surface area contributed by atoms with E-state index in [9.17, 15) is 4.79 Å². The molecule has 0 saturated carbocycles. The minimum absolute atomic E-state index is 0.246. The van der Waals surface area contributed by atoms with Gasteiger partial charge in [0, 0.05) is 11.9 Å². The van der Waals surface area contributed by atoms with Crippen molar-refractivity contribution in [2.75, 3.05) is 6.54 Å². The molecule has 1 aromatic rings. The second kappa shape index (κ2) is 4.69. The van der Waals surface area contributed by atoms with Gasteiger partial charge < -0.3 is 10.4 Å². The second-order valence-electron chi connectivity index (χ2n) is 2.53. The fourth-order valence-corrected chi connectivity index (χ4v) is 1.84. The number of amides is 1. The largest absolute Gasteiger partial charge is 0.392 e. The molecule has 0 fully saturated rings. The van der Waals surface area contributed by atoms with Gasteiger partial charge in [-0.2, -0.15) is 0 Å². The number of hydrogen-bond donors (Lipinski definition) is 2. The monoisotopic (exact) mass is 264 g/mol. The van der Waals surface area contributed by atoms with Gasteiger partial charge in [0.25, 0.3) is 5.91 Å². The SMILES string of the molecule is C[C@@H](O)CNC(=O)c1nc(Br)cs1. The highest BCUT2D eigenvalue weighted by atomic mass is 79.9. The molecule has 13 heavy (non-hydrogen) atoms. The van der Waals surface area contributed by atoms with Crippen molar-refractivity contribution in [1.82, 2.24) is 10.3 Å². The molecule has 0 saturated heterocycles. The van der Waals surface area contributed by atoms with E-state index in [0.29, 0.717) is 9.61 Å². The van der Waals surface area contributed by atoms with E-state index < -0.39 is 6.10 Å². The molecule has 0 aliphatic heterocycles. The van der Waals surface area contributed by atoms with Gasteiger partial charge >= 0.3 is 0 Å². The van der Waals surface area contributed by atoms with Gasteiger partial charge in [0.15, 0.2) is 5.01 Å². The Bertz CT molecular complexity index is 300. The van der Waals surface area contributed by atoms with Crippen molar-refractivity contribution < 1.29 is 9.90 Å². The highest BCUT2D eigenvalue weighted by Gasteiger charge is 2.09. The number of thiazole rings is 1. The molecule has 0 unspecified atom stereocenters. The summed E-state index contributed by atoms with van der Waals surface area (Å²) in [4.78, 5) is 15.2. The van der Waals surface area contributed by atoms with Gasteiger partial charge in [-0.1, -0.05) is 0 Å². The van der Waals surface area contributed by atoms with E-state index in [1.54, 1.807) is 12.3 Å². The summed E-state index contributed by atoms with van der Waals surface area (Å²) >= 11 is 4.41. The van der Waals surface area contributed by atoms with Gasteiger partial charge in [0.2, 0.25) is 0 Å². The molecule has 4 nitrogen and oxygen atoms in total. The fraction of sp³-hybridized carbons (Fsp3) is 0.429. The van der Waals surface area contributed by atoms with Crippen molar-refractivity contribution in [3.05, 3.63) is 15.0 Å². The summed E-state index contributed by atoms with van der Waals surface area (Å²) in [5.74, 6) is -0.253. The highest BCUT2D eigenvalue weighted by Crippen LogP contribution is 2.14. The van der Waals surface area contributed by atoms with Crippen LogP contribution < -0.4 is 5.32 Å². The Balaban J connectivity index is 2.49. The number of hydrogen-bond acceptors (Lipinski definition) is 4. The lowest BCUT2D eigenvalue weighted by Gasteiger charge is -2.04. The van der Waals surface area contributed by atoms with Crippen molar-refractivity contribution in [2.24, 2.45) is 0 Å². The van der Waals surface area contributed by atoms with E-state index in [-0.39, 0.29) is 12.5 Å². The first-order chi connectivity index (χ1) is 6.09. The molecule has 0 aliphatic carbocycles. The van der Waals surface area contributed by atoms with Crippen LogP contribution in [0.25, 0.3) is 0 Å². The van der Waals surface area contributed by atoms with Crippen molar-refractivity contribution in [2.45, 2.75) is 13.0 Å². The summed E-state index contributed by atoms with van der Waals surface area (Å²) in [7, 11) is 0. The summed E-state index contributed by atoms with van der Waals surface area (Å²) in [5, 5.41) is 13.6. The van der Waals surface area contributed by atoms with Crippen LogP contribution in [0.5, 0.6) is 0 Å². The van der Waals surface area contributed by atoms with Gasteiger partial charge in [-0.3, -0.25) is 4.79 Å². The number of carbonyl (C=O) groups excluding carboxylic acids is 1. The summed E-state index contributed by atoms with van der Waals surface area (Å²) in [5.41, 5.74) is 0. The molecular formula is C7H9BrN2O2S.